The molecule has 0 fully saturated rings. The van der Waals surface area contributed by atoms with Crippen molar-refractivity contribution in [2.24, 2.45) is 0 Å². The lowest BCUT2D eigenvalue weighted by atomic mass is 10.2. The molecule has 18 heavy (non-hydrogen) atoms. The van der Waals surface area contributed by atoms with E-state index in [0.29, 0.717) is 16.7 Å². The third kappa shape index (κ3) is 2.81. The van der Waals surface area contributed by atoms with Gasteiger partial charge in [-0.05, 0) is 24.6 Å². The summed E-state index contributed by atoms with van der Waals surface area (Å²) in [5.41, 5.74) is 7.50. The van der Waals surface area contributed by atoms with Crippen LogP contribution in [0.25, 0.3) is 0 Å². The summed E-state index contributed by atoms with van der Waals surface area (Å²) >= 11 is 5.95. The SMILES string of the molecule is COc1cc(Nc2cc(Cl)ccc2C)nc(N)n1. The van der Waals surface area contributed by atoms with Gasteiger partial charge in [-0.25, -0.2) is 0 Å². The Kier molecular flexibility index (Phi) is 3.53. The second-order valence-corrected chi connectivity index (χ2v) is 4.17. The normalized spacial score (nSPS) is 10.2. The molecule has 0 bridgehead atoms. The molecular formula is C12H13ClN4O. The van der Waals surface area contributed by atoms with Crippen molar-refractivity contribution in [1.82, 2.24) is 9.97 Å². The van der Waals surface area contributed by atoms with Crippen molar-refractivity contribution in [3.8, 4) is 5.88 Å². The number of aromatic nitrogens is 2. The number of nitrogens with two attached hydrogens (primary N) is 1. The van der Waals surface area contributed by atoms with Crippen molar-refractivity contribution in [1.29, 1.82) is 0 Å². The van der Waals surface area contributed by atoms with E-state index in [1.54, 1.807) is 6.07 Å². The zero-order chi connectivity index (χ0) is 13.1. The predicted molar refractivity (Wildman–Crippen MR) is 72.5 cm³/mol. The van der Waals surface area contributed by atoms with Gasteiger partial charge in [0.2, 0.25) is 11.8 Å². The van der Waals surface area contributed by atoms with E-state index < -0.39 is 0 Å². The minimum Gasteiger partial charge on any atom is -0.481 e. The summed E-state index contributed by atoms with van der Waals surface area (Å²) in [6.45, 7) is 1.97. The molecule has 5 nitrogen and oxygen atoms in total. The first-order chi connectivity index (χ1) is 8.58. The number of nitrogen functional groups attached to an aromatic ring is 1. The second-order valence-electron chi connectivity index (χ2n) is 3.74. The quantitative estimate of drug-likeness (QED) is 0.892. The smallest absolute Gasteiger partial charge is 0.225 e. The Labute approximate surface area is 110 Å². The van der Waals surface area contributed by atoms with E-state index >= 15 is 0 Å². The Morgan fingerprint density at radius 1 is 1.28 bits per heavy atom. The first kappa shape index (κ1) is 12.4. The Balaban J connectivity index is 2.33. The van der Waals surface area contributed by atoms with E-state index in [-0.39, 0.29) is 5.95 Å². The highest BCUT2D eigenvalue weighted by molar-refractivity contribution is 6.30. The minimum absolute atomic E-state index is 0.150. The van der Waals surface area contributed by atoms with Gasteiger partial charge < -0.3 is 15.8 Å². The van der Waals surface area contributed by atoms with Crippen LogP contribution in [0.1, 0.15) is 5.56 Å². The largest absolute Gasteiger partial charge is 0.481 e. The maximum atomic E-state index is 5.95. The van der Waals surface area contributed by atoms with Crippen LogP contribution in [0.4, 0.5) is 17.5 Å². The fourth-order valence-corrected chi connectivity index (χ4v) is 1.65. The van der Waals surface area contributed by atoms with Crippen molar-refractivity contribution in [3.63, 3.8) is 0 Å². The number of aryl methyl sites for hydroxylation is 1. The van der Waals surface area contributed by atoms with E-state index in [4.69, 9.17) is 22.1 Å². The molecule has 6 heteroatoms. The molecule has 0 aliphatic heterocycles. The van der Waals surface area contributed by atoms with Gasteiger partial charge in [0.15, 0.2) is 0 Å². The van der Waals surface area contributed by atoms with E-state index in [1.807, 2.05) is 25.1 Å². The Morgan fingerprint density at radius 2 is 2.06 bits per heavy atom. The summed E-state index contributed by atoms with van der Waals surface area (Å²) in [4.78, 5) is 7.99. The molecule has 2 aromatic rings. The van der Waals surface area contributed by atoms with Gasteiger partial charge in [-0.2, -0.15) is 9.97 Å². The number of hydrogen-bond donors (Lipinski definition) is 2. The van der Waals surface area contributed by atoms with Crippen molar-refractivity contribution in [3.05, 3.63) is 34.9 Å². The molecule has 0 aliphatic carbocycles. The molecule has 0 unspecified atom stereocenters. The van der Waals surface area contributed by atoms with Crippen molar-refractivity contribution >= 4 is 29.1 Å². The Hall–Kier alpha value is -2.01. The lowest BCUT2D eigenvalue weighted by Crippen LogP contribution is -2.02. The van der Waals surface area contributed by atoms with Crippen molar-refractivity contribution in [2.75, 3.05) is 18.2 Å². The molecule has 1 aromatic carbocycles. The number of nitrogens with one attached hydrogen (secondary N) is 1. The number of benzene rings is 1. The Morgan fingerprint density at radius 3 is 2.78 bits per heavy atom. The summed E-state index contributed by atoms with van der Waals surface area (Å²) < 4.78 is 5.03. The summed E-state index contributed by atoms with van der Waals surface area (Å²) in [5.74, 6) is 1.12. The van der Waals surface area contributed by atoms with Crippen LogP contribution in [0, 0.1) is 6.92 Å². The van der Waals surface area contributed by atoms with Crippen LogP contribution in [0.15, 0.2) is 24.3 Å². The average Bonchev–Trinajstić information content (AvgIpc) is 2.33. The average molecular weight is 265 g/mol. The van der Waals surface area contributed by atoms with Crippen LogP contribution in [-0.2, 0) is 0 Å². The first-order valence-electron chi connectivity index (χ1n) is 5.30. The third-order valence-electron chi connectivity index (χ3n) is 2.39. The summed E-state index contributed by atoms with van der Waals surface area (Å²) in [5, 5.41) is 3.78. The van der Waals surface area contributed by atoms with Crippen LogP contribution in [0.3, 0.4) is 0 Å². The van der Waals surface area contributed by atoms with Gasteiger partial charge in [-0.1, -0.05) is 17.7 Å². The summed E-state index contributed by atoms with van der Waals surface area (Å²) in [6.07, 6.45) is 0. The molecular weight excluding hydrogens is 252 g/mol. The molecule has 0 saturated carbocycles. The highest BCUT2D eigenvalue weighted by atomic mass is 35.5. The lowest BCUT2D eigenvalue weighted by molar-refractivity contribution is 0.398. The number of hydrogen-bond acceptors (Lipinski definition) is 5. The number of ether oxygens (including phenoxy) is 1. The number of methoxy groups -OCH3 is 1. The van der Waals surface area contributed by atoms with Gasteiger partial charge in [0.25, 0.3) is 0 Å². The van der Waals surface area contributed by atoms with Crippen LogP contribution >= 0.6 is 11.6 Å². The van der Waals surface area contributed by atoms with E-state index in [2.05, 4.69) is 15.3 Å². The van der Waals surface area contributed by atoms with Gasteiger partial charge in [-0.3, -0.25) is 0 Å². The highest BCUT2D eigenvalue weighted by Crippen LogP contribution is 2.24. The van der Waals surface area contributed by atoms with Gasteiger partial charge in [0, 0.05) is 16.8 Å². The minimum atomic E-state index is 0.150. The fraction of sp³-hybridized carbons (Fsp3) is 0.167. The predicted octanol–water partition coefficient (Wildman–Crippen LogP) is 2.77. The molecule has 0 aliphatic rings. The maximum Gasteiger partial charge on any atom is 0.225 e. The van der Waals surface area contributed by atoms with Crippen molar-refractivity contribution < 1.29 is 4.74 Å². The number of halogens is 1. The van der Waals surface area contributed by atoms with Gasteiger partial charge in [-0.15, -0.1) is 0 Å². The summed E-state index contributed by atoms with van der Waals surface area (Å²) in [6, 6.07) is 7.24. The first-order valence-corrected chi connectivity index (χ1v) is 5.68. The lowest BCUT2D eigenvalue weighted by Gasteiger charge is -2.10. The molecule has 3 N–H and O–H groups in total. The number of nitrogens with zero attached hydrogens (tertiary/aromatic N) is 2. The monoisotopic (exact) mass is 264 g/mol. The zero-order valence-corrected chi connectivity index (χ0v) is 10.8. The number of rotatable bonds is 3. The van der Waals surface area contributed by atoms with Crippen molar-refractivity contribution in [2.45, 2.75) is 6.92 Å². The standard InChI is InChI=1S/C12H13ClN4O/c1-7-3-4-8(13)5-9(7)15-10-6-11(18-2)17-12(14)16-10/h3-6H,1-2H3,(H3,14,15,16,17). The van der Waals surface area contributed by atoms with E-state index in [0.717, 1.165) is 11.3 Å². The molecule has 0 atom stereocenters. The van der Waals surface area contributed by atoms with Gasteiger partial charge in [0.05, 0.1) is 7.11 Å². The maximum absolute atomic E-state index is 5.95. The number of anilines is 3. The molecule has 1 heterocycles. The molecule has 0 saturated heterocycles. The highest BCUT2D eigenvalue weighted by Gasteiger charge is 2.05. The van der Waals surface area contributed by atoms with Crippen LogP contribution < -0.4 is 15.8 Å². The van der Waals surface area contributed by atoms with Gasteiger partial charge >= 0.3 is 0 Å². The van der Waals surface area contributed by atoms with E-state index in [9.17, 15) is 0 Å². The topological polar surface area (TPSA) is 73.1 Å². The molecule has 94 valence electrons. The summed E-state index contributed by atoms with van der Waals surface area (Å²) in [7, 11) is 1.52. The molecule has 0 amide bonds. The Bertz CT molecular complexity index is 574. The fourth-order valence-electron chi connectivity index (χ4n) is 1.48. The second kappa shape index (κ2) is 5.10. The third-order valence-corrected chi connectivity index (χ3v) is 2.63. The van der Waals surface area contributed by atoms with Crippen LogP contribution in [-0.4, -0.2) is 17.1 Å². The van der Waals surface area contributed by atoms with E-state index in [1.165, 1.54) is 7.11 Å². The molecule has 0 radical (unpaired) electrons. The molecule has 2 rings (SSSR count). The van der Waals surface area contributed by atoms with Crippen LogP contribution in [0.2, 0.25) is 5.02 Å². The molecule has 1 aromatic heterocycles. The van der Waals surface area contributed by atoms with Crippen LogP contribution in [0.5, 0.6) is 5.88 Å². The molecule has 0 spiro atoms. The van der Waals surface area contributed by atoms with Gasteiger partial charge in [0.1, 0.15) is 5.82 Å². The zero-order valence-electron chi connectivity index (χ0n) is 10.1.